The summed E-state index contributed by atoms with van der Waals surface area (Å²) in [6.07, 6.45) is 8.68. The molecule has 0 amide bonds. The Morgan fingerprint density at radius 1 is 1.35 bits per heavy atom. The van der Waals surface area contributed by atoms with Gasteiger partial charge in [0, 0.05) is 18.8 Å². The van der Waals surface area contributed by atoms with Crippen molar-refractivity contribution in [3.63, 3.8) is 0 Å². The SMILES string of the molecule is OCCCCCNC1CCCc2cccnc21. The molecule has 0 aliphatic heterocycles. The number of unbranched alkanes of at least 4 members (excludes halogenated alkanes) is 2. The van der Waals surface area contributed by atoms with E-state index in [4.69, 9.17) is 5.11 Å². The van der Waals surface area contributed by atoms with Gasteiger partial charge in [0.1, 0.15) is 0 Å². The molecule has 0 aromatic carbocycles. The highest BCUT2D eigenvalue weighted by Crippen LogP contribution is 2.27. The van der Waals surface area contributed by atoms with Crippen molar-refractivity contribution in [3.8, 4) is 0 Å². The van der Waals surface area contributed by atoms with Gasteiger partial charge in [0.25, 0.3) is 0 Å². The topological polar surface area (TPSA) is 45.1 Å². The Morgan fingerprint density at radius 2 is 2.29 bits per heavy atom. The van der Waals surface area contributed by atoms with Gasteiger partial charge < -0.3 is 10.4 Å². The number of aliphatic hydroxyl groups excluding tert-OH is 1. The van der Waals surface area contributed by atoms with E-state index in [2.05, 4.69) is 16.4 Å². The highest BCUT2D eigenvalue weighted by molar-refractivity contribution is 5.25. The minimum absolute atomic E-state index is 0.313. The molecule has 1 aliphatic rings. The first-order valence-electron chi connectivity index (χ1n) is 6.70. The predicted octanol–water partition coefficient (Wildman–Crippen LogP) is 2.21. The summed E-state index contributed by atoms with van der Waals surface area (Å²) in [5.41, 5.74) is 2.66. The highest BCUT2D eigenvalue weighted by Gasteiger charge is 2.19. The van der Waals surface area contributed by atoms with E-state index in [0.29, 0.717) is 12.6 Å². The van der Waals surface area contributed by atoms with Crippen LogP contribution in [-0.2, 0) is 6.42 Å². The van der Waals surface area contributed by atoms with Crippen molar-refractivity contribution in [3.05, 3.63) is 29.6 Å². The van der Waals surface area contributed by atoms with Crippen molar-refractivity contribution >= 4 is 0 Å². The van der Waals surface area contributed by atoms with Crippen LogP contribution in [0.25, 0.3) is 0 Å². The summed E-state index contributed by atoms with van der Waals surface area (Å²) >= 11 is 0. The number of aliphatic hydroxyl groups is 1. The molecule has 1 heterocycles. The molecule has 0 fully saturated rings. The third-order valence-corrected chi connectivity index (χ3v) is 3.42. The number of aryl methyl sites for hydroxylation is 1. The number of aromatic nitrogens is 1. The van der Waals surface area contributed by atoms with Crippen LogP contribution in [0.5, 0.6) is 0 Å². The van der Waals surface area contributed by atoms with E-state index >= 15 is 0 Å². The van der Waals surface area contributed by atoms with Crippen LogP contribution in [0, 0.1) is 0 Å². The van der Waals surface area contributed by atoms with Crippen molar-refractivity contribution in [2.45, 2.75) is 44.6 Å². The molecule has 94 valence electrons. The van der Waals surface area contributed by atoms with E-state index in [1.807, 2.05) is 12.3 Å². The number of nitrogens with zero attached hydrogens (tertiary/aromatic N) is 1. The number of pyridine rings is 1. The zero-order valence-corrected chi connectivity index (χ0v) is 10.4. The molecule has 0 saturated carbocycles. The lowest BCUT2D eigenvalue weighted by Gasteiger charge is -2.25. The zero-order chi connectivity index (χ0) is 11.9. The van der Waals surface area contributed by atoms with Crippen LogP contribution in [0.15, 0.2) is 18.3 Å². The van der Waals surface area contributed by atoms with Crippen LogP contribution in [0.4, 0.5) is 0 Å². The predicted molar refractivity (Wildman–Crippen MR) is 68.9 cm³/mol. The fourth-order valence-corrected chi connectivity index (χ4v) is 2.50. The summed E-state index contributed by atoms with van der Waals surface area (Å²) in [7, 11) is 0. The van der Waals surface area contributed by atoms with Crippen molar-refractivity contribution in [1.82, 2.24) is 10.3 Å². The molecule has 1 unspecified atom stereocenters. The molecule has 2 rings (SSSR count). The normalized spacial score (nSPS) is 19.0. The Bertz CT molecular complexity index is 341. The van der Waals surface area contributed by atoms with Crippen LogP contribution >= 0.6 is 0 Å². The molecule has 0 saturated heterocycles. The average molecular weight is 234 g/mol. The van der Waals surface area contributed by atoms with Gasteiger partial charge in [-0.1, -0.05) is 6.07 Å². The highest BCUT2D eigenvalue weighted by atomic mass is 16.2. The van der Waals surface area contributed by atoms with E-state index in [-0.39, 0.29) is 0 Å². The Labute approximate surface area is 103 Å². The van der Waals surface area contributed by atoms with Crippen LogP contribution in [0.2, 0.25) is 0 Å². The summed E-state index contributed by atoms with van der Waals surface area (Å²) in [5.74, 6) is 0. The lowest BCUT2D eigenvalue weighted by molar-refractivity contribution is 0.282. The van der Waals surface area contributed by atoms with Gasteiger partial charge >= 0.3 is 0 Å². The van der Waals surface area contributed by atoms with Crippen molar-refractivity contribution in [2.75, 3.05) is 13.2 Å². The molecule has 3 nitrogen and oxygen atoms in total. The second kappa shape index (κ2) is 6.72. The number of rotatable bonds is 6. The second-order valence-electron chi connectivity index (χ2n) is 4.73. The monoisotopic (exact) mass is 234 g/mol. The second-order valence-corrected chi connectivity index (χ2v) is 4.73. The maximum absolute atomic E-state index is 8.71. The fraction of sp³-hybridized carbons (Fsp3) is 0.643. The molecule has 1 aromatic heterocycles. The largest absolute Gasteiger partial charge is 0.396 e. The zero-order valence-electron chi connectivity index (χ0n) is 10.4. The first-order valence-corrected chi connectivity index (χ1v) is 6.70. The van der Waals surface area contributed by atoms with Gasteiger partial charge in [0.15, 0.2) is 0 Å². The molecule has 0 spiro atoms. The molecule has 1 atom stereocenters. The van der Waals surface area contributed by atoms with Gasteiger partial charge in [0.05, 0.1) is 5.69 Å². The quantitative estimate of drug-likeness (QED) is 0.742. The smallest absolute Gasteiger partial charge is 0.0605 e. The standard InChI is InChI=1S/C14H22N2O/c17-11-3-1-2-9-15-13-8-4-6-12-7-5-10-16-14(12)13/h5,7,10,13,15,17H,1-4,6,8-9,11H2. The molecular formula is C14H22N2O. The molecule has 0 bridgehead atoms. The number of nitrogens with one attached hydrogen (secondary N) is 1. The van der Waals surface area contributed by atoms with Crippen molar-refractivity contribution in [2.24, 2.45) is 0 Å². The van der Waals surface area contributed by atoms with E-state index in [9.17, 15) is 0 Å². The molecular weight excluding hydrogens is 212 g/mol. The maximum Gasteiger partial charge on any atom is 0.0605 e. The number of fused-ring (bicyclic) bond motifs is 1. The number of hydrogen-bond donors (Lipinski definition) is 2. The van der Waals surface area contributed by atoms with E-state index in [1.165, 1.54) is 30.5 Å². The minimum Gasteiger partial charge on any atom is -0.396 e. The molecule has 1 aliphatic carbocycles. The molecule has 17 heavy (non-hydrogen) atoms. The van der Waals surface area contributed by atoms with Crippen LogP contribution in [0.3, 0.4) is 0 Å². The van der Waals surface area contributed by atoms with Gasteiger partial charge in [-0.15, -0.1) is 0 Å². The average Bonchev–Trinajstić information content (AvgIpc) is 2.39. The summed E-state index contributed by atoms with van der Waals surface area (Å²) in [6.45, 7) is 1.34. The minimum atomic E-state index is 0.313. The third kappa shape index (κ3) is 3.51. The first-order chi connectivity index (χ1) is 8.42. The fourth-order valence-electron chi connectivity index (χ4n) is 2.50. The van der Waals surface area contributed by atoms with Gasteiger partial charge in [-0.2, -0.15) is 0 Å². The Balaban J connectivity index is 1.82. The summed E-state index contributed by atoms with van der Waals surface area (Å²) in [4.78, 5) is 4.51. The van der Waals surface area contributed by atoms with E-state index in [0.717, 1.165) is 25.8 Å². The van der Waals surface area contributed by atoms with Gasteiger partial charge in [-0.05, 0) is 56.7 Å². The molecule has 1 aromatic rings. The number of hydrogen-bond acceptors (Lipinski definition) is 3. The van der Waals surface area contributed by atoms with E-state index in [1.54, 1.807) is 0 Å². The van der Waals surface area contributed by atoms with Gasteiger partial charge in [-0.3, -0.25) is 4.98 Å². The Morgan fingerprint density at radius 3 is 3.18 bits per heavy atom. The Kier molecular flexibility index (Phi) is 4.95. The van der Waals surface area contributed by atoms with Crippen LogP contribution in [-0.4, -0.2) is 23.2 Å². The van der Waals surface area contributed by atoms with Gasteiger partial charge in [-0.25, -0.2) is 0 Å². The lowest BCUT2D eigenvalue weighted by Crippen LogP contribution is -2.27. The maximum atomic E-state index is 8.71. The van der Waals surface area contributed by atoms with Crippen LogP contribution < -0.4 is 5.32 Å². The summed E-state index contributed by atoms with van der Waals surface area (Å²) < 4.78 is 0. The van der Waals surface area contributed by atoms with Crippen molar-refractivity contribution in [1.29, 1.82) is 0 Å². The summed E-state index contributed by atoms with van der Waals surface area (Å²) in [5, 5.41) is 12.3. The summed E-state index contributed by atoms with van der Waals surface area (Å²) in [6, 6.07) is 4.67. The molecule has 0 radical (unpaired) electrons. The van der Waals surface area contributed by atoms with E-state index < -0.39 is 0 Å². The van der Waals surface area contributed by atoms with Gasteiger partial charge in [0.2, 0.25) is 0 Å². The van der Waals surface area contributed by atoms with Crippen LogP contribution in [0.1, 0.15) is 49.4 Å². The molecule has 3 heteroatoms. The lowest BCUT2D eigenvalue weighted by atomic mass is 9.92. The first kappa shape index (κ1) is 12.5. The Hall–Kier alpha value is -0.930. The molecule has 2 N–H and O–H groups in total. The van der Waals surface area contributed by atoms with Crippen molar-refractivity contribution < 1.29 is 5.11 Å². The third-order valence-electron chi connectivity index (χ3n) is 3.42.